The molecule has 3 heterocycles. The molecule has 648 valence electrons. The smallest absolute Gasteiger partial charge is 0.248 e. The van der Waals surface area contributed by atoms with Crippen LogP contribution in [0.1, 0.15) is 188 Å². The Morgan fingerprint density at radius 1 is 0.444 bits per heavy atom. The van der Waals surface area contributed by atoms with Crippen molar-refractivity contribution in [2.24, 2.45) is 11.7 Å². The standard InChI is InChI=1S/C80H123N17O20/c1-44(2)35-52(85-58(103)40-82-65(110)73(4,5)91-68(113)76(10,11)93-69(114)77(12,13)92-66(111)74(6,7)88-61(106)53(83-45(3)99)37-47-29-24-21-25-30-47)60(105)87-75(8,9)67(112)94-80(18,19)72(117)96-41-49(100)38-55(96)63(108)86-51(32-33-57(81)102)59(104)89-79(16,17)71(116)97-42-50(101)39-56(97)64(109)90-78(14,15)70(115)95-34-26-31-54(95)62(107)84-48(43-98)36-46-27-22-20-23-28-46/h20-25,27-30,44,48-56,98,100-101H,26,31-43H2,1-19H3,(H2,81,102)(H,82,110)(H,83,99)(H,84,107)(H,85,103)(H,86,108)(H,87,105)(H,88,106)(H,89,104)(H,90,109)(H,91,113)(H,92,111)(H,93,114)(H,94,112)/t48?,49?,50?,51-,52-,53-,54-,55-,56-/m0/s1. The van der Waals surface area contributed by atoms with Gasteiger partial charge in [-0.2, -0.15) is 0 Å². The van der Waals surface area contributed by atoms with Gasteiger partial charge in [-0.1, -0.05) is 74.5 Å². The molecule has 5 rings (SSSR count). The summed E-state index contributed by atoms with van der Waals surface area (Å²) in [5.74, 6) is -14.1. The number of rotatable bonds is 38. The fraction of sp³-hybridized carbons (Fsp3) is 0.637. The first kappa shape index (κ1) is 96.9. The number of aliphatic hydroxyl groups is 3. The van der Waals surface area contributed by atoms with Gasteiger partial charge in [0.15, 0.2) is 0 Å². The Labute approximate surface area is 682 Å². The van der Waals surface area contributed by atoms with Crippen molar-refractivity contribution in [3.63, 3.8) is 0 Å². The number of nitrogens with one attached hydrogen (secondary N) is 13. The Hall–Kier alpha value is -10.7. The number of hydrogen-bond acceptors (Lipinski definition) is 20. The zero-order valence-corrected chi connectivity index (χ0v) is 70.6. The molecule has 37 heteroatoms. The molecule has 0 aliphatic carbocycles. The number of nitrogens with two attached hydrogens (primary N) is 1. The van der Waals surface area contributed by atoms with Gasteiger partial charge in [0, 0.05) is 52.2 Å². The fourth-order valence-corrected chi connectivity index (χ4v) is 13.5. The molecule has 0 bridgehead atoms. The molecule has 3 aliphatic heterocycles. The third-order valence-electron chi connectivity index (χ3n) is 20.3. The molecule has 18 N–H and O–H groups in total. The molecule has 17 amide bonds. The maximum Gasteiger partial charge on any atom is 0.248 e. The predicted octanol–water partition coefficient (Wildman–Crippen LogP) is -3.08. The highest BCUT2D eigenvalue weighted by atomic mass is 16.3. The van der Waals surface area contributed by atoms with Crippen molar-refractivity contribution in [3.8, 4) is 0 Å². The number of primary amides is 1. The second-order valence-corrected chi connectivity index (χ2v) is 35.2. The number of carbonyl (C=O) groups excluding carboxylic acids is 17. The van der Waals surface area contributed by atoms with E-state index in [0.29, 0.717) is 19.3 Å². The lowest BCUT2D eigenvalue weighted by molar-refractivity contribution is -0.148. The van der Waals surface area contributed by atoms with Gasteiger partial charge in [-0.15, -0.1) is 0 Å². The Morgan fingerprint density at radius 2 is 0.829 bits per heavy atom. The van der Waals surface area contributed by atoms with E-state index in [1.165, 1.54) is 123 Å². The van der Waals surface area contributed by atoms with Crippen molar-refractivity contribution in [1.29, 1.82) is 0 Å². The van der Waals surface area contributed by atoms with Crippen LogP contribution in [-0.2, 0) is 94.3 Å². The van der Waals surface area contributed by atoms with E-state index in [9.17, 15) is 96.8 Å². The SMILES string of the molecule is CC(=O)N[C@@H](Cc1ccccc1)C(=O)NC(C)(C)C(=O)NC(C)(C)C(=O)NC(C)(C)C(=O)NC(C)(C)C(=O)NCC(=O)N[C@@H](CC(C)C)C(=O)NC(C)(C)C(=O)NC(C)(C)C(=O)N1CC(O)C[C@H]1C(=O)N[C@@H](CCC(N)=O)C(=O)NC(C)(C)C(=O)N1CC(O)C[C@H]1C(=O)NC(C)(C)C(=O)N1CCC[C@H]1C(=O)NC(CO)Cc1ccccc1. The summed E-state index contributed by atoms with van der Waals surface area (Å²) in [6.45, 7) is 24.4. The third-order valence-corrected chi connectivity index (χ3v) is 20.3. The molecule has 3 saturated heterocycles. The molecule has 3 fully saturated rings. The van der Waals surface area contributed by atoms with Gasteiger partial charge in [-0.3, -0.25) is 81.5 Å². The second kappa shape index (κ2) is 39.5. The number of amides is 17. The van der Waals surface area contributed by atoms with E-state index in [2.05, 4.69) is 69.1 Å². The summed E-state index contributed by atoms with van der Waals surface area (Å²) < 4.78 is 0. The molecular formula is C80H123N17O20. The monoisotopic (exact) mass is 1640 g/mol. The Kier molecular flexibility index (Phi) is 32.7. The molecule has 3 unspecified atom stereocenters. The summed E-state index contributed by atoms with van der Waals surface area (Å²) in [5, 5.41) is 65.7. The lowest BCUT2D eigenvalue weighted by atomic mass is 9.95. The van der Waals surface area contributed by atoms with Gasteiger partial charge in [0.1, 0.15) is 80.6 Å². The highest BCUT2D eigenvalue weighted by Crippen LogP contribution is 2.28. The van der Waals surface area contributed by atoms with E-state index in [4.69, 9.17) is 5.73 Å². The number of hydrogen-bond donors (Lipinski definition) is 17. The van der Waals surface area contributed by atoms with Crippen molar-refractivity contribution < 1.29 is 96.8 Å². The Balaban J connectivity index is 1.16. The van der Waals surface area contributed by atoms with Crippen LogP contribution in [0.3, 0.4) is 0 Å². The minimum atomic E-state index is -1.93. The second-order valence-electron chi connectivity index (χ2n) is 35.2. The van der Waals surface area contributed by atoms with Crippen molar-refractivity contribution >= 4 is 100 Å². The van der Waals surface area contributed by atoms with Gasteiger partial charge in [0.2, 0.25) is 100 Å². The van der Waals surface area contributed by atoms with Crippen LogP contribution in [-0.4, -0.2) is 262 Å². The fourth-order valence-electron chi connectivity index (χ4n) is 13.5. The molecule has 2 aromatic rings. The molecule has 0 aromatic heterocycles. The number of nitrogens with zero attached hydrogens (tertiary/aromatic N) is 3. The average Bonchev–Trinajstić information content (AvgIpc) is 1.71. The number of benzene rings is 2. The summed E-state index contributed by atoms with van der Waals surface area (Å²) in [4.78, 5) is 238. The quantitative estimate of drug-likeness (QED) is 0.0317. The molecule has 117 heavy (non-hydrogen) atoms. The first-order valence-corrected chi connectivity index (χ1v) is 39.2. The van der Waals surface area contributed by atoms with Gasteiger partial charge in [-0.25, -0.2) is 0 Å². The van der Waals surface area contributed by atoms with Gasteiger partial charge in [0.25, 0.3) is 0 Å². The molecule has 0 spiro atoms. The Bertz CT molecular complexity index is 4030. The van der Waals surface area contributed by atoms with Crippen molar-refractivity contribution in [3.05, 3.63) is 71.8 Å². The predicted molar refractivity (Wildman–Crippen MR) is 426 cm³/mol. The van der Waals surface area contributed by atoms with E-state index in [1.807, 2.05) is 30.3 Å². The van der Waals surface area contributed by atoms with Crippen LogP contribution in [0.2, 0.25) is 0 Å². The summed E-state index contributed by atoms with van der Waals surface area (Å²) in [6, 6.07) is 9.56. The largest absolute Gasteiger partial charge is 0.394 e. The van der Waals surface area contributed by atoms with E-state index in [1.54, 1.807) is 44.2 Å². The van der Waals surface area contributed by atoms with Crippen LogP contribution in [0.5, 0.6) is 0 Å². The molecule has 2 aromatic carbocycles. The molecular weight excluding hydrogens is 1520 g/mol. The zero-order chi connectivity index (χ0) is 88.6. The molecule has 0 saturated carbocycles. The first-order chi connectivity index (χ1) is 53.9. The normalized spacial score (nSPS) is 18.4. The van der Waals surface area contributed by atoms with Crippen LogP contribution in [0.25, 0.3) is 0 Å². The van der Waals surface area contributed by atoms with Gasteiger partial charge in [0.05, 0.1) is 31.4 Å². The number of carbonyl (C=O) groups is 17. The van der Waals surface area contributed by atoms with Crippen LogP contribution in [0.4, 0.5) is 0 Å². The minimum Gasteiger partial charge on any atom is -0.394 e. The van der Waals surface area contributed by atoms with E-state index in [-0.39, 0.29) is 51.3 Å². The number of likely N-dealkylation sites (tertiary alicyclic amines) is 3. The topological polar surface area (TPSA) is 543 Å². The maximum atomic E-state index is 14.6. The lowest BCUT2D eigenvalue weighted by Gasteiger charge is -2.37. The van der Waals surface area contributed by atoms with Gasteiger partial charge in [-0.05, 0) is 160 Å². The zero-order valence-electron chi connectivity index (χ0n) is 70.6. The van der Waals surface area contributed by atoms with Crippen LogP contribution < -0.4 is 74.9 Å². The summed E-state index contributed by atoms with van der Waals surface area (Å²) in [5.41, 5.74) is -7.10. The van der Waals surface area contributed by atoms with E-state index >= 15 is 0 Å². The Morgan fingerprint density at radius 3 is 1.28 bits per heavy atom. The van der Waals surface area contributed by atoms with Crippen molar-refractivity contribution in [2.75, 3.05) is 32.8 Å². The van der Waals surface area contributed by atoms with E-state index in [0.717, 1.165) is 20.9 Å². The summed E-state index contributed by atoms with van der Waals surface area (Å²) in [7, 11) is 0. The highest BCUT2D eigenvalue weighted by Gasteiger charge is 2.51. The van der Waals surface area contributed by atoms with Crippen molar-refractivity contribution in [2.45, 2.75) is 288 Å². The van der Waals surface area contributed by atoms with Gasteiger partial charge >= 0.3 is 0 Å². The number of aliphatic hydroxyl groups excluding tert-OH is 3. The van der Waals surface area contributed by atoms with E-state index < -0.39 is 225 Å². The molecule has 3 aliphatic rings. The van der Waals surface area contributed by atoms with Gasteiger partial charge < -0.3 is 105 Å². The first-order valence-electron chi connectivity index (χ1n) is 39.2. The van der Waals surface area contributed by atoms with Crippen LogP contribution in [0.15, 0.2) is 60.7 Å². The summed E-state index contributed by atoms with van der Waals surface area (Å²) >= 11 is 0. The van der Waals surface area contributed by atoms with Crippen LogP contribution in [0, 0.1) is 5.92 Å². The minimum absolute atomic E-state index is 0.00701. The number of β-amino-alcohol motifs (C(OH)–C–C–N with tert-alkyl or cyclic N) is 2. The highest BCUT2D eigenvalue weighted by molar-refractivity contribution is 6.04. The third kappa shape index (κ3) is 27.2. The van der Waals surface area contributed by atoms with Crippen LogP contribution >= 0.6 is 0 Å². The molecule has 9 atom stereocenters. The lowest BCUT2D eigenvalue weighted by Crippen LogP contribution is -2.68. The average molecular weight is 1640 g/mol. The molecule has 37 nitrogen and oxygen atoms in total. The molecule has 0 radical (unpaired) electrons. The summed E-state index contributed by atoms with van der Waals surface area (Å²) in [6.07, 6.45) is -2.94. The van der Waals surface area contributed by atoms with Crippen molar-refractivity contribution in [1.82, 2.24) is 83.8 Å². The maximum absolute atomic E-state index is 14.6.